The van der Waals surface area contributed by atoms with Crippen molar-refractivity contribution in [2.24, 2.45) is 5.92 Å². The van der Waals surface area contributed by atoms with Crippen LogP contribution in [0.4, 0.5) is 0 Å². The number of aromatic amines is 1. The Balaban J connectivity index is 3.36. The van der Waals surface area contributed by atoms with Gasteiger partial charge in [-0.15, -0.1) is 0 Å². The van der Waals surface area contributed by atoms with Crippen molar-refractivity contribution in [1.29, 1.82) is 0 Å². The minimum Gasteiger partial charge on any atom is -0.506 e. The molecule has 7 nitrogen and oxygen atoms in total. The summed E-state index contributed by atoms with van der Waals surface area (Å²) in [5, 5.41) is 10.3. The molecular weight excluding hydrogens is 290 g/mol. The van der Waals surface area contributed by atoms with Crippen LogP contribution in [0.25, 0.3) is 0 Å². The second-order valence-electron chi connectivity index (χ2n) is 5.39. The minimum absolute atomic E-state index is 0.00185. The molecule has 0 amide bonds. The molecule has 0 spiro atoms. The number of hydrogen-bond acceptors (Lipinski definition) is 6. The van der Waals surface area contributed by atoms with Gasteiger partial charge in [0.1, 0.15) is 11.3 Å². The van der Waals surface area contributed by atoms with Crippen molar-refractivity contribution >= 4 is 11.9 Å². The standard InChI is InChI=1S/C15H21NO6/c1-8(2)5-9(6-11(17)21-3)12-13(18)10(15(20)22-4)7-16-14(12)19/h7-9H,5-6H2,1-4H3,(H2,16,18,19)/t9-/m1/s1. The van der Waals surface area contributed by atoms with Crippen molar-refractivity contribution in [1.82, 2.24) is 4.98 Å². The summed E-state index contributed by atoms with van der Waals surface area (Å²) in [6, 6.07) is 0. The van der Waals surface area contributed by atoms with Crippen LogP contribution < -0.4 is 5.56 Å². The lowest BCUT2D eigenvalue weighted by Crippen LogP contribution is -2.22. The summed E-state index contributed by atoms with van der Waals surface area (Å²) in [5.74, 6) is -2.09. The van der Waals surface area contributed by atoms with Gasteiger partial charge in [0.25, 0.3) is 5.56 Å². The molecule has 2 N–H and O–H groups in total. The average molecular weight is 311 g/mol. The maximum Gasteiger partial charge on any atom is 0.343 e. The van der Waals surface area contributed by atoms with E-state index in [1.165, 1.54) is 14.2 Å². The lowest BCUT2D eigenvalue weighted by molar-refractivity contribution is -0.141. The number of esters is 2. The topological polar surface area (TPSA) is 106 Å². The van der Waals surface area contributed by atoms with Crippen molar-refractivity contribution in [2.45, 2.75) is 32.6 Å². The molecule has 0 saturated carbocycles. The second kappa shape index (κ2) is 7.63. The molecular formula is C15H21NO6. The highest BCUT2D eigenvalue weighted by atomic mass is 16.5. The Hall–Kier alpha value is -2.31. The molecule has 1 aromatic rings. The monoisotopic (exact) mass is 311 g/mol. The highest BCUT2D eigenvalue weighted by Gasteiger charge is 2.27. The van der Waals surface area contributed by atoms with E-state index in [1.807, 2.05) is 13.8 Å². The van der Waals surface area contributed by atoms with Gasteiger partial charge in [0, 0.05) is 12.1 Å². The van der Waals surface area contributed by atoms with E-state index in [9.17, 15) is 19.5 Å². The number of carbonyl (C=O) groups is 2. The number of H-pyrrole nitrogens is 1. The molecule has 1 rings (SSSR count). The SMILES string of the molecule is COC(=O)C[C@@H](CC(C)C)c1c(O)c(C(=O)OC)c[nH]c1=O. The van der Waals surface area contributed by atoms with Crippen LogP contribution in [0.3, 0.4) is 0 Å². The summed E-state index contributed by atoms with van der Waals surface area (Å²) in [7, 11) is 2.43. The molecule has 1 heterocycles. The average Bonchev–Trinajstić information content (AvgIpc) is 2.45. The van der Waals surface area contributed by atoms with E-state index in [1.54, 1.807) is 0 Å². The third-order valence-electron chi connectivity index (χ3n) is 3.31. The van der Waals surface area contributed by atoms with Crippen molar-refractivity contribution in [3.05, 3.63) is 27.7 Å². The summed E-state index contributed by atoms with van der Waals surface area (Å²) < 4.78 is 9.20. The zero-order chi connectivity index (χ0) is 16.9. The van der Waals surface area contributed by atoms with Crippen LogP contribution in [0.1, 0.15) is 48.5 Å². The fraction of sp³-hybridized carbons (Fsp3) is 0.533. The fourth-order valence-electron chi connectivity index (χ4n) is 2.34. The van der Waals surface area contributed by atoms with Crippen LogP contribution in [-0.4, -0.2) is 36.2 Å². The smallest absolute Gasteiger partial charge is 0.343 e. The van der Waals surface area contributed by atoms with E-state index in [2.05, 4.69) is 14.5 Å². The van der Waals surface area contributed by atoms with Crippen LogP contribution in [0.5, 0.6) is 5.75 Å². The first kappa shape index (κ1) is 17.7. The number of methoxy groups -OCH3 is 2. The van der Waals surface area contributed by atoms with Gasteiger partial charge in [-0.3, -0.25) is 9.59 Å². The zero-order valence-electron chi connectivity index (χ0n) is 13.1. The molecule has 0 bridgehead atoms. The molecule has 0 fully saturated rings. The minimum atomic E-state index is -0.767. The first-order valence-electron chi connectivity index (χ1n) is 6.91. The quantitative estimate of drug-likeness (QED) is 0.772. The number of pyridine rings is 1. The van der Waals surface area contributed by atoms with Crippen LogP contribution in [0.15, 0.2) is 11.0 Å². The number of hydrogen-bond donors (Lipinski definition) is 2. The normalized spacial score (nSPS) is 12.0. The van der Waals surface area contributed by atoms with Crippen LogP contribution in [0.2, 0.25) is 0 Å². The largest absolute Gasteiger partial charge is 0.506 e. The van der Waals surface area contributed by atoms with Gasteiger partial charge >= 0.3 is 11.9 Å². The fourth-order valence-corrected chi connectivity index (χ4v) is 2.34. The Labute approximate surface area is 128 Å². The molecule has 0 aromatic carbocycles. The molecule has 0 aliphatic heterocycles. The van der Waals surface area contributed by atoms with Crippen molar-refractivity contribution in [2.75, 3.05) is 14.2 Å². The number of aromatic nitrogens is 1. The number of rotatable bonds is 6. The Kier molecular flexibility index (Phi) is 6.15. The lowest BCUT2D eigenvalue weighted by Gasteiger charge is -2.19. The Bertz CT molecular complexity index is 605. The molecule has 0 aliphatic rings. The first-order valence-corrected chi connectivity index (χ1v) is 6.91. The predicted octanol–water partition coefficient (Wildman–Crippen LogP) is 1.56. The number of nitrogens with one attached hydrogen (secondary N) is 1. The van der Waals surface area contributed by atoms with Crippen molar-refractivity contribution in [3.63, 3.8) is 0 Å². The van der Waals surface area contributed by atoms with Gasteiger partial charge < -0.3 is 19.6 Å². The Morgan fingerprint density at radius 2 is 1.91 bits per heavy atom. The molecule has 0 aliphatic carbocycles. The van der Waals surface area contributed by atoms with Crippen LogP contribution in [0, 0.1) is 5.92 Å². The van der Waals surface area contributed by atoms with E-state index in [0.717, 1.165) is 6.20 Å². The lowest BCUT2D eigenvalue weighted by atomic mass is 9.87. The van der Waals surface area contributed by atoms with E-state index < -0.39 is 29.2 Å². The van der Waals surface area contributed by atoms with Gasteiger partial charge in [0.15, 0.2) is 0 Å². The molecule has 22 heavy (non-hydrogen) atoms. The van der Waals surface area contributed by atoms with Gasteiger partial charge in [0.2, 0.25) is 0 Å². The molecule has 7 heteroatoms. The number of carbonyl (C=O) groups excluding carboxylic acids is 2. The number of aromatic hydroxyl groups is 1. The molecule has 1 aromatic heterocycles. The maximum absolute atomic E-state index is 12.1. The van der Waals surface area contributed by atoms with Crippen molar-refractivity contribution in [3.8, 4) is 5.75 Å². The van der Waals surface area contributed by atoms with Gasteiger partial charge in [-0.05, 0) is 12.3 Å². The zero-order valence-corrected chi connectivity index (χ0v) is 13.1. The van der Waals surface area contributed by atoms with Crippen LogP contribution >= 0.6 is 0 Å². The Morgan fingerprint density at radius 1 is 1.27 bits per heavy atom. The van der Waals surface area contributed by atoms with E-state index in [-0.39, 0.29) is 23.5 Å². The molecule has 0 radical (unpaired) electrons. The summed E-state index contributed by atoms with van der Waals surface area (Å²) in [6.07, 6.45) is 1.52. The molecule has 122 valence electrons. The summed E-state index contributed by atoms with van der Waals surface area (Å²) in [5.41, 5.74) is -0.683. The summed E-state index contributed by atoms with van der Waals surface area (Å²) in [6.45, 7) is 3.86. The third kappa shape index (κ3) is 4.09. The highest BCUT2D eigenvalue weighted by Crippen LogP contribution is 2.33. The van der Waals surface area contributed by atoms with E-state index in [4.69, 9.17) is 0 Å². The predicted molar refractivity (Wildman–Crippen MR) is 78.9 cm³/mol. The van der Waals surface area contributed by atoms with Crippen molar-refractivity contribution < 1.29 is 24.2 Å². The third-order valence-corrected chi connectivity index (χ3v) is 3.31. The molecule has 1 atom stereocenters. The maximum atomic E-state index is 12.1. The molecule has 0 saturated heterocycles. The summed E-state index contributed by atoms with van der Waals surface area (Å²) in [4.78, 5) is 37.7. The van der Waals surface area contributed by atoms with Gasteiger partial charge in [-0.25, -0.2) is 4.79 Å². The van der Waals surface area contributed by atoms with E-state index >= 15 is 0 Å². The van der Waals surface area contributed by atoms with Gasteiger partial charge in [0.05, 0.1) is 26.2 Å². The van der Waals surface area contributed by atoms with Gasteiger partial charge in [-0.1, -0.05) is 13.8 Å². The Morgan fingerprint density at radius 3 is 2.41 bits per heavy atom. The first-order chi connectivity index (χ1) is 10.3. The summed E-state index contributed by atoms with van der Waals surface area (Å²) >= 11 is 0. The number of ether oxygens (including phenoxy) is 2. The highest BCUT2D eigenvalue weighted by molar-refractivity contribution is 5.92. The second-order valence-corrected chi connectivity index (χ2v) is 5.39. The van der Waals surface area contributed by atoms with Crippen LogP contribution in [-0.2, 0) is 14.3 Å². The van der Waals surface area contributed by atoms with E-state index in [0.29, 0.717) is 6.42 Å². The van der Waals surface area contributed by atoms with Gasteiger partial charge in [-0.2, -0.15) is 0 Å². The molecule has 0 unspecified atom stereocenters.